The van der Waals surface area contributed by atoms with Crippen molar-refractivity contribution in [1.82, 2.24) is 15.1 Å². The summed E-state index contributed by atoms with van der Waals surface area (Å²) in [5, 5.41) is 8.00. The van der Waals surface area contributed by atoms with Crippen LogP contribution in [0, 0.1) is 0 Å². The number of rotatable bonds is 6. The minimum Gasteiger partial charge on any atom is -0.468 e. The van der Waals surface area contributed by atoms with Gasteiger partial charge in [-0.3, -0.25) is 4.68 Å². The summed E-state index contributed by atoms with van der Waals surface area (Å²) in [5.41, 5.74) is 2.38. The monoisotopic (exact) mass is 247 g/mol. The number of hydrogen-bond acceptors (Lipinski definition) is 3. The van der Waals surface area contributed by atoms with Gasteiger partial charge in [0.25, 0.3) is 0 Å². The smallest absolute Gasteiger partial charge is 0.120 e. The number of furan rings is 1. The van der Waals surface area contributed by atoms with Crippen LogP contribution in [-0.2, 0) is 19.5 Å². The zero-order chi connectivity index (χ0) is 13.0. The van der Waals surface area contributed by atoms with E-state index < -0.39 is 0 Å². The van der Waals surface area contributed by atoms with Gasteiger partial charge in [0.1, 0.15) is 5.76 Å². The van der Waals surface area contributed by atoms with Crippen LogP contribution in [-0.4, -0.2) is 9.78 Å². The van der Waals surface area contributed by atoms with Crippen molar-refractivity contribution in [1.29, 1.82) is 0 Å². The minimum atomic E-state index is 0.213. The quantitative estimate of drug-likeness (QED) is 0.853. The van der Waals surface area contributed by atoms with E-state index in [0.29, 0.717) is 0 Å². The standard InChI is InChI=1S/C14H21N3O/c1-4-12-9-13(17(5-2)16-12)10-15-11(3)14-7-6-8-18-14/h6-9,11,15H,4-5,10H2,1-3H3/t11-/m1/s1. The van der Waals surface area contributed by atoms with Gasteiger partial charge in [-0.15, -0.1) is 0 Å². The van der Waals surface area contributed by atoms with E-state index in [1.165, 1.54) is 5.69 Å². The van der Waals surface area contributed by atoms with Gasteiger partial charge in [0.05, 0.1) is 23.7 Å². The molecule has 0 amide bonds. The molecule has 2 aromatic heterocycles. The van der Waals surface area contributed by atoms with E-state index >= 15 is 0 Å². The number of aromatic nitrogens is 2. The highest BCUT2D eigenvalue weighted by Crippen LogP contribution is 2.13. The fraction of sp³-hybridized carbons (Fsp3) is 0.500. The first kappa shape index (κ1) is 12.9. The summed E-state index contributed by atoms with van der Waals surface area (Å²) >= 11 is 0. The second-order valence-electron chi connectivity index (χ2n) is 4.41. The molecule has 0 saturated carbocycles. The third-order valence-corrected chi connectivity index (χ3v) is 3.14. The summed E-state index contributed by atoms with van der Waals surface area (Å²) in [5.74, 6) is 0.966. The molecule has 0 aliphatic heterocycles. The molecule has 0 fully saturated rings. The van der Waals surface area contributed by atoms with Gasteiger partial charge < -0.3 is 9.73 Å². The molecule has 18 heavy (non-hydrogen) atoms. The molecule has 1 N–H and O–H groups in total. The molecule has 4 heteroatoms. The third kappa shape index (κ3) is 2.82. The van der Waals surface area contributed by atoms with Gasteiger partial charge in [-0.2, -0.15) is 5.10 Å². The molecule has 4 nitrogen and oxygen atoms in total. The van der Waals surface area contributed by atoms with Crippen LogP contribution in [0.15, 0.2) is 28.9 Å². The van der Waals surface area contributed by atoms with E-state index in [9.17, 15) is 0 Å². The summed E-state index contributed by atoms with van der Waals surface area (Å²) < 4.78 is 7.44. The Kier molecular flexibility index (Phi) is 4.20. The van der Waals surface area contributed by atoms with Gasteiger partial charge in [-0.05, 0) is 38.5 Å². The Morgan fingerprint density at radius 3 is 2.89 bits per heavy atom. The number of nitrogens with zero attached hydrogens (tertiary/aromatic N) is 2. The van der Waals surface area contributed by atoms with Crippen LogP contribution in [0.1, 0.15) is 44.0 Å². The van der Waals surface area contributed by atoms with E-state index in [4.69, 9.17) is 4.42 Å². The average Bonchev–Trinajstić information content (AvgIpc) is 3.04. The Labute approximate surface area is 108 Å². The van der Waals surface area contributed by atoms with E-state index in [2.05, 4.69) is 41.9 Å². The van der Waals surface area contributed by atoms with Gasteiger partial charge in [0.2, 0.25) is 0 Å². The van der Waals surface area contributed by atoms with Crippen LogP contribution in [0.3, 0.4) is 0 Å². The summed E-state index contributed by atoms with van der Waals surface area (Å²) in [4.78, 5) is 0. The Bertz CT molecular complexity index is 473. The Hall–Kier alpha value is -1.55. The van der Waals surface area contributed by atoms with Gasteiger partial charge in [-0.25, -0.2) is 0 Å². The van der Waals surface area contributed by atoms with Crippen molar-refractivity contribution < 1.29 is 4.42 Å². The maximum atomic E-state index is 5.38. The molecule has 0 unspecified atom stereocenters. The summed E-state index contributed by atoms with van der Waals surface area (Å²) in [7, 11) is 0. The Morgan fingerprint density at radius 1 is 1.44 bits per heavy atom. The van der Waals surface area contributed by atoms with Gasteiger partial charge >= 0.3 is 0 Å². The summed E-state index contributed by atoms with van der Waals surface area (Å²) in [6, 6.07) is 6.29. The van der Waals surface area contributed by atoms with Crippen molar-refractivity contribution in [3.63, 3.8) is 0 Å². The number of aryl methyl sites for hydroxylation is 2. The van der Waals surface area contributed by atoms with E-state index in [1.54, 1.807) is 6.26 Å². The van der Waals surface area contributed by atoms with Crippen LogP contribution in [0.4, 0.5) is 0 Å². The molecule has 0 radical (unpaired) electrons. The number of hydrogen-bond donors (Lipinski definition) is 1. The van der Waals surface area contributed by atoms with Crippen molar-refractivity contribution >= 4 is 0 Å². The van der Waals surface area contributed by atoms with Crippen LogP contribution in [0.5, 0.6) is 0 Å². The largest absolute Gasteiger partial charge is 0.468 e. The first-order chi connectivity index (χ1) is 8.74. The molecular weight excluding hydrogens is 226 g/mol. The van der Waals surface area contributed by atoms with Gasteiger partial charge in [0, 0.05) is 13.1 Å². The lowest BCUT2D eigenvalue weighted by atomic mass is 10.2. The van der Waals surface area contributed by atoms with Crippen LogP contribution in [0.2, 0.25) is 0 Å². The first-order valence-corrected chi connectivity index (χ1v) is 6.57. The van der Waals surface area contributed by atoms with Crippen molar-refractivity contribution in [3.05, 3.63) is 41.6 Å². The lowest BCUT2D eigenvalue weighted by molar-refractivity contribution is 0.424. The predicted octanol–water partition coefficient (Wildman–Crippen LogP) is 2.91. The van der Waals surface area contributed by atoms with Gasteiger partial charge in [-0.1, -0.05) is 6.92 Å². The maximum Gasteiger partial charge on any atom is 0.120 e. The van der Waals surface area contributed by atoms with E-state index in [0.717, 1.165) is 31.0 Å². The fourth-order valence-corrected chi connectivity index (χ4v) is 2.00. The average molecular weight is 247 g/mol. The van der Waals surface area contributed by atoms with Gasteiger partial charge in [0.15, 0.2) is 0 Å². The first-order valence-electron chi connectivity index (χ1n) is 6.57. The van der Waals surface area contributed by atoms with Crippen molar-refractivity contribution in [2.45, 2.75) is 46.3 Å². The van der Waals surface area contributed by atoms with Crippen LogP contribution >= 0.6 is 0 Å². The summed E-state index contributed by atoms with van der Waals surface area (Å²) in [6.07, 6.45) is 2.69. The van der Waals surface area contributed by atoms with E-state index in [-0.39, 0.29) is 6.04 Å². The van der Waals surface area contributed by atoms with E-state index in [1.807, 2.05) is 12.1 Å². The number of nitrogens with one attached hydrogen (secondary N) is 1. The highest BCUT2D eigenvalue weighted by atomic mass is 16.3. The molecule has 0 aromatic carbocycles. The highest BCUT2D eigenvalue weighted by molar-refractivity contribution is 5.11. The Balaban J connectivity index is 1.99. The molecule has 98 valence electrons. The molecule has 0 spiro atoms. The molecule has 1 atom stereocenters. The van der Waals surface area contributed by atoms with Crippen LogP contribution < -0.4 is 5.32 Å². The lowest BCUT2D eigenvalue weighted by Gasteiger charge is -2.11. The molecule has 0 aliphatic carbocycles. The van der Waals surface area contributed by atoms with Crippen molar-refractivity contribution in [3.8, 4) is 0 Å². The molecule has 0 aliphatic rings. The molecule has 2 aromatic rings. The second-order valence-corrected chi connectivity index (χ2v) is 4.41. The van der Waals surface area contributed by atoms with Crippen molar-refractivity contribution in [2.24, 2.45) is 0 Å². The fourth-order valence-electron chi connectivity index (χ4n) is 2.00. The topological polar surface area (TPSA) is 43.0 Å². The zero-order valence-electron chi connectivity index (χ0n) is 11.3. The predicted molar refractivity (Wildman–Crippen MR) is 71.2 cm³/mol. The summed E-state index contributed by atoms with van der Waals surface area (Å²) in [6.45, 7) is 8.07. The third-order valence-electron chi connectivity index (χ3n) is 3.14. The Morgan fingerprint density at radius 2 is 2.28 bits per heavy atom. The lowest BCUT2D eigenvalue weighted by Crippen LogP contribution is -2.19. The molecule has 0 bridgehead atoms. The molecule has 0 saturated heterocycles. The minimum absolute atomic E-state index is 0.213. The molecule has 2 rings (SSSR count). The van der Waals surface area contributed by atoms with Crippen molar-refractivity contribution in [2.75, 3.05) is 0 Å². The maximum absolute atomic E-state index is 5.38. The zero-order valence-corrected chi connectivity index (χ0v) is 11.3. The molecule has 2 heterocycles. The van der Waals surface area contributed by atoms with Crippen LogP contribution in [0.25, 0.3) is 0 Å². The molecular formula is C14H21N3O. The SMILES string of the molecule is CCc1cc(CN[C@H](C)c2ccco2)n(CC)n1. The highest BCUT2D eigenvalue weighted by Gasteiger charge is 2.10. The second kappa shape index (κ2) is 5.87. The normalized spacial score (nSPS) is 12.8.